The Hall–Kier alpha value is 0.0400. The predicted octanol–water partition coefficient (Wildman–Crippen LogP) is 2.29. The Labute approximate surface area is 102 Å². The third-order valence-corrected chi connectivity index (χ3v) is 4.87. The summed E-state index contributed by atoms with van der Waals surface area (Å²) < 4.78 is 0. The first-order valence-corrected chi connectivity index (χ1v) is 7.46. The lowest BCUT2D eigenvalue weighted by atomic mass is 10.2. The molecule has 0 aromatic rings. The van der Waals surface area contributed by atoms with E-state index in [1.807, 2.05) is 0 Å². The van der Waals surface area contributed by atoms with Gasteiger partial charge in [0.2, 0.25) is 0 Å². The molecule has 2 fully saturated rings. The number of nitrogens with one attached hydrogen (secondary N) is 2. The first kappa shape index (κ1) is 11.5. The smallest absolute Gasteiger partial charge is 0.166 e. The van der Waals surface area contributed by atoms with E-state index in [4.69, 9.17) is 12.2 Å². The maximum atomic E-state index is 5.29. The predicted molar refractivity (Wildman–Crippen MR) is 71.5 cm³/mol. The highest BCUT2D eigenvalue weighted by Crippen LogP contribution is 2.25. The zero-order chi connectivity index (χ0) is 10.5. The summed E-state index contributed by atoms with van der Waals surface area (Å²) in [6, 6.07) is 0.640. The molecule has 2 aliphatic rings. The van der Waals surface area contributed by atoms with Gasteiger partial charge >= 0.3 is 0 Å². The fourth-order valence-electron chi connectivity index (χ4n) is 2.32. The lowest BCUT2D eigenvalue weighted by molar-refractivity contribution is 0.618. The molecule has 15 heavy (non-hydrogen) atoms. The highest BCUT2D eigenvalue weighted by atomic mass is 32.2. The molecular formula is C11H20N2S2. The van der Waals surface area contributed by atoms with Crippen LogP contribution in [-0.4, -0.2) is 28.7 Å². The molecule has 0 spiro atoms. The highest BCUT2D eigenvalue weighted by molar-refractivity contribution is 8.00. The molecule has 1 saturated carbocycles. The van der Waals surface area contributed by atoms with Crippen molar-refractivity contribution in [2.24, 2.45) is 0 Å². The molecule has 1 heterocycles. The lowest BCUT2D eigenvalue weighted by Crippen LogP contribution is -2.42. The van der Waals surface area contributed by atoms with Crippen molar-refractivity contribution in [3.63, 3.8) is 0 Å². The van der Waals surface area contributed by atoms with Crippen LogP contribution >= 0.6 is 24.0 Å². The van der Waals surface area contributed by atoms with Crippen LogP contribution < -0.4 is 10.6 Å². The average molecular weight is 244 g/mol. The van der Waals surface area contributed by atoms with Crippen LogP contribution in [0.25, 0.3) is 0 Å². The Morgan fingerprint density at radius 2 is 2.00 bits per heavy atom. The van der Waals surface area contributed by atoms with Gasteiger partial charge < -0.3 is 10.6 Å². The van der Waals surface area contributed by atoms with Gasteiger partial charge in [0.15, 0.2) is 5.11 Å². The third kappa shape index (κ3) is 3.83. The number of rotatable bonds is 3. The molecule has 1 unspecified atom stereocenters. The zero-order valence-electron chi connectivity index (χ0n) is 9.13. The van der Waals surface area contributed by atoms with Crippen molar-refractivity contribution < 1.29 is 0 Å². The average Bonchev–Trinajstić information content (AvgIpc) is 2.86. The topological polar surface area (TPSA) is 24.1 Å². The summed E-state index contributed by atoms with van der Waals surface area (Å²) in [4.78, 5) is 0. The van der Waals surface area contributed by atoms with Gasteiger partial charge in [0, 0.05) is 17.8 Å². The lowest BCUT2D eigenvalue weighted by Gasteiger charge is -2.17. The van der Waals surface area contributed by atoms with E-state index in [-0.39, 0.29) is 0 Å². The second kappa shape index (κ2) is 5.94. The SMILES string of the molecule is S=C(NCC1CCCS1)NC1CCCC1. The summed E-state index contributed by atoms with van der Waals surface area (Å²) in [5, 5.41) is 8.42. The van der Waals surface area contributed by atoms with Crippen LogP contribution in [0.2, 0.25) is 0 Å². The molecule has 86 valence electrons. The normalized spacial score (nSPS) is 26.8. The van der Waals surface area contributed by atoms with Gasteiger partial charge in [-0.3, -0.25) is 0 Å². The highest BCUT2D eigenvalue weighted by Gasteiger charge is 2.17. The van der Waals surface area contributed by atoms with Gasteiger partial charge in [0.05, 0.1) is 0 Å². The summed E-state index contributed by atoms with van der Waals surface area (Å²) in [5.41, 5.74) is 0. The van der Waals surface area contributed by atoms with E-state index in [0.717, 1.165) is 16.9 Å². The monoisotopic (exact) mass is 244 g/mol. The Balaban J connectivity index is 1.59. The van der Waals surface area contributed by atoms with Crippen molar-refractivity contribution in [2.75, 3.05) is 12.3 Å². The van der Waals surface area contributed by atoms with Gasteiger partial charge in [0.1, 0.15) is 0 Å². The van der Waals surface area contributed by atoms with Crippen LogP contribution in [0.5, 0.6) is 0 Å². The number of hydrogen-bond donors (Lipinski definition) is 2. The fourth-order valence-corrected chi connectivity index (χ4v) is 3.77. The standard InChI is InChI=1S/C11H20N2S2/c14-11(13-9-4-1-2-5-9)12-8-10-6-3-7-15-10/h9-10H,1-8H2,(H2,12,13,14). The maximum absolute atomic E-state index is 5.29. The first-order chi connectivity index (χ1) is 7.34. The van der Waals surface area contributed by atoms with E-state index in [1.165, 1.54) is 44.3 Å². The molecule has 2 N–H and O–H groups in total. The summed E-state index contributed by atoms with van der Waals surface area (Å²) >= 11 is 7.37. The van der Waals surface area contributed by atoms with Crippen molar-refractivity contribution in [3.05, 3.63) is 0 Å². The minimum absolute atomic E-state index is 0.640. The Kier molecular flexibility index (Phi) is 4.57. The minimum Gasteiger partial charge on any atom is -0.362 e. The zero-order valence-corrected chi connectivity index (χ0v) is 10.8. The van der Waals surface area contributed by atoms with Crippen LogP contribution in [0.15, 0.2) is 0 Å². The first-order valence-electron chi connectivity index (χ1n) is 6.00. The van der Waals surface area contributed by atoms with Gasteiger partial charge in [0.25, 0.3) is 0 Å². The quantitative estimate of drug-likeness (QED) is 0.744. The molecule has 0 radical (unpaired) electrons. The summed E-state index contributed by atoms with van der Waals surface area (Å²) in [6.45, 7) is 1.04. The number of thiocarbonyl (C=S) groups is 1. The van der Waals surface area contributed by atoms with E-state index in [2.05, 4.69) is 22.4 Å². The van der Waals surface area contributed by atoms with Gasteiger partial charge in [-0.1, -0.05) is 12.8 Å². The van der Waals surface area contributed by atoms with Gasteiger partial charge in [-0.05, 0) is 43.7 Å². The van der Waals surface area contributed by atoms with Crippen LogP contribution in [0, 0.1) is 0 Å². The van der Waals surface area contributed by atoms with Gasteiger partial charge in [-0.15, -0.1) is 0 Å². The molecule has 1 saturated heterocycles. The van der Waals surface area contributed by atoms with Crippen molar-refractivity contribution in [1.29, 1.82) is 0 Å². The number of thioether (sulfide) groups is 1. The second-order valence-electron chi connectivity index (χ2n) is 4.47. The number of hydrogen-bond acceptors (Lipinski definition) is 2. The summed E-state index contributed by atoms with van der Waals surface area (Å²) in [5.74, 6) is 1.33. The Bertz CT molecular complexity index is 209. The fraction of sp³-hybridized carbons (Fsp3) is 0.909. The molecule has 0 aromatic heterocycles. The molecule has 2 nitrogen and oxygen atoms in total. The van der Waals surface area contributed by atoms with Gasteiger partial charge in [-0.25, -0.2) is 0 Å². The van der Waals surface area contributed by atoms with Crippen molar-refractivity contribution in [1.82, 2.24) is 10.6 Å². The van der Waals surface area contributed by atoms with E-state index >= 15 is 0 Å². The minimum atomic E-state index is 0.640. The van der Waals surface area contributed by atoms with Crippen LogP contribution in [0.1, 0.15) is 38.5 Å². The second-order valence-corrected chi connectivity index (χ2v) is 6.29. The maximum Gasteiger partial charge on any atom is 0.166 e. The molecule has 4 heteroatoms. The molecule has 1 atom stereocenters. The van der Waals surface area contributed by atoms with Crippen LogP contribution in [-0.2, 0) is 0 Å². The summed E-state index contributed by atoms with van der Waals surface area (Å²) in [7, 11) is 0. The van der Waals surface area contributed by atoms with E-state index < -0.39 is 0 Å². The molecule has 1 aliphatic carbocycles. The molecule has 2 rings (SSSR count). The van der Waals surface area contributed by atoms with Crippen molar-refractivity contribution in [2.45, 2.75) is 49.8 Å². The molecule has 0 aromatic carbocycles. The van der Waals surface area contributed by atoms with E-state index in [0.29, 0.717) is 6.04 Å². The van der Waals surface area contributed by atoms with Crippen molar-refractivity contribution in [3.8, 4) is 0 Å². The molecule has 1 aliphatic heterocycles. The van der Waals surface area contributed by atoms with E-state index in [9.17, 15) is 0 Å². The Morgan fingerprint density at radius 3 is 2.67 bits per heavy atom. The van der Waals surface area contributed by atoms with Crippen LogP contribution in [0.3, 0.4) is 0 Å². The molecule has 0 bridgehead atoms. The largest absolute Gasteiger partial charge is 0.362 e. The Morgan fingerprint density at radius 1 is 1.20 bits per heavy atom. The third-order valence-electron chi connectivity index (χ3n) is 3.20. The summed E-state index contributed by atoms with van der Waals surface area (Å²) in [6.07, 6.45) is 8.03. The van der Waals surface area contributed by atoms with Crippen LogP contribution in [0.4, 0.5) is 0 Å². The van der Waals surface area contributed by atoms with Crippen molar-refractivity contribution >= 4 is 29.1 Å². The molecule has 0 amide bonds. The van der Waals surface area contributed by atoms with E-state index in [1.54, 1.807) is 0 Å². The molecular weight excluding hydrogens is 224 g/mol. The van der Waals surface area contributed by atoms with Gasteiger partial charge in [-0.2, -0.15) is 11.8 Å².